The Morgan fingerprint density at radius 3 is 2.35 bits per heavy atom. The molecule has 2 aromatic carbocycles. The molecule has 0 spiro atoms. The van der Waals surface area contributed by atoms with Gasteiger partial charge < -0.3 is 20.3 Å². The van der Waals surface area contributed by atoms with Gasteiger partial charge in [0.2, 0.25) is 0 Å². The largest absolute Gasteiger partial charge is 0.496 e. The molecule has 0 radical (unpaired) electrons. The second kappa shape index (κ2) is 9.94. The number of amides is 1. The van der Waals surface area contributed by atoms with Gasteiger partial charge in [-0.2, -0.15) is 0 Å². The maximum Gasteiger partial charge on any atom is 0.293 e. The van der Waals surface area contributed by atoms with E-state index in [2.05, 4.69) is 10.6 Å². The summed E-state index contributed by atoms with van der Waals surface area (Å²) in [6.07, 6.45) is 0. The minimum Gasteiger partial charge on any atom is -0.496 e. The van der Waals surface area contributed by atoms with Gasteiger partial charge in [-0.15, -0.1) is 0 Å². The Kier molecular flexibility index (Phi) is 7.59. The first-order valence-corrected chi connectivity index (χ1v) is 9.45. The van der Waals surface area contributed by atoms with E-state index in [1.165, 1.54) is 31.4 Å². The molecule has 2 N–H and O–H groups in total. The fourth-order valence-corrected chi connectivity index (χ4v) is 3.00. The molecule has 11 nitrogen and oxygen atoms in total. The van der Waals surface area contributed by atoms with Crippen molar-refractivity contribution in [3.05, 3.63) is 61.1 Å². The zero-order valence-corrected chi connectivity index (χ0v) is 18.1. The molecule has 2 rings (SSSR count). The van der Waals surface area contributed by atoms with Crippen molar-refractivity contribution in [3.63, 3.8) is 0 Å². The van der Waals surface area contributed by atoms with Crippen LogP contribution in [0.3, 0.4) is 0 Å². The van der Waals surface area contributed by atoms with E-state index in [1.807, 2.05) is 0 Å². The van der Waals surface area contributed by atoms with Gasteiger partial charge in [0.15, 0.2) is 0 Å². The minimum atomic E-state index is -0.579. The molecule has 0 aliphatic carbocycles. The van der Waals surface area contributed by atoms with E-state index in [-0.39, 0.29) is 39.9 Å². The summed E-state index contributed by atoms with van der Waals surface area (Å²) in [5, 5.41) is 28.4. The molecule has 0 saturated carbocycles. The van der Waals surface area contributed by atoms with E-state index in [0.717, 1.165) is 6.07 Å². The van der Waals surface area contributed by atoms with Gasteiger partial charge in [0, 0.05) is 49.9 Å². The Morgan fingerprint density at radius 1 is 1.16 bits per heavy atom. The first-order valence-electron chi connectivity index (χ1n) is 9.07. The molecular weight excluding hydrogens is 430 g/mol. The molecule has 0 aliphatic heterocycles. The number of nitro benzene ring substituents is 2. The summed E-state index contributed by atoms with van der Waals surface area (Å²) in [6, 6.07) is 6.32. The van der Waals surface area contributed by atoms with Crippen LogP contribution in [-0.4, -0.2) is 49.5 Å². The van der Waals surface area contributed by atoms with Crippen molar-refractivity contribution >= 4 is 40.3 Å². The van der Waals surface area contributed by atoms with E-state index in [4.69, 9.17) is 16.3 Å². The Hall–Kier alpha value is -3.60. The normalized spacial score (nSPS) is 11.4. The molecule has 0 aliphatic rings. The number of hydrogen-bond donors (Lipinski definition) is 2. The number of benzene rings is 2. The van der Waals surface area contributed by atoms with Gasteiger partial charge in [-0.3, -0.25) is 25.0 Å². The summed E-state index contributed by atoms with van der Waals surface area (Å²) < 4.78 is 5.24. The Labute approximate surface area is 183 Å². The summed E-state index contributed by atoms with van der Waals surface area (Å²) in [5.74, 6) is -0.398. The zero-order chi connectivity index (χ0) is 23.3. The van der Waals surface area contributed by atoms with Crippen molar-refractivity contribution < 1.29 is 19.4 Å². The SMILES string of the molecule is COc1cc(N(C)C)c([N+](=O)[O-])cc1C(=O)N[C@H](C)CNc1ccc(Cl)cc1[N+](=O)[O-]. The number of ether oxygens (including phenoxy) is 1. The molecule has 0 fully saturated rings. The lowest BCUT2D eigenvalue weighted by Gasteiger charge is -2.19. The maximum absolute atomic E-state index is 12.7. The lowest BCUT2D eigenvalue weighted by atomic mass is 10.1. The van der Waals surface area contributed by atoms with Gasteiger partial charge in [-0.1, -0.05) is 11.6 Å². The molecule has 0 unspecified atom stereocenters. The quantitative estimate of drug-likeness (QED) is 0.436. The number of halogens is 1. The third kappa shape index (κ3) is 5.72. The van der Waals surface area contributed by atoms with E-state index in [1.54, 1.807) is 25.9 Å². The Morgan fingerprint density at radius 2 is 1.81 bits per heavy atom. The predicted octanol–water partition coefficient (Wildman–Crippen LogP) is 3.46. The molecule has 0 heterocycles. The zero-order valence-electron chi connectivity index (χ0n) is 17.3. The number of carbonyl (C=O) groups is 1. The first kappa shape index (κ1) is 23.7. The number of nitrogens with zero attached hydrogens (tertiary/aromatic N) is 3. The summed E-state index contributed by atoms with van der Waals surface area (Å²) in [6.45, 7) is 1.84. The molecule has 12 heteroatoms. The van der Waals surface area contributed by atoms with Gasteiger partial charge in [-0.25, -0.2) is 0 Å². The van der Waals surface area contributed by atoms with E-state index in [9.17, 15) is 25.0 Å². The maximum atomic E-state index is 12.7. The first-order chi connectivity index (χ1) is 14.5. The highest BCUT2D eigenvalue weighted by molar-refractivity contribution is 6.30. The molecule has 0 bridgehead atoms. The van der Waals surface area contributed by atoms with Gasteiger partial charge in [0.05, 0.1) is 22.5 Å². The van der Waals surface area contributed by atoms with Crippen molar-refractivity contribution in [2.45, 2.75) is 13.0 Å². The number of nitrogens with one attached hydrogen (secondary N) is 2. The predicted molar refractivity (Wildman–Crippen MR) is 117 cm³/mol. The van der Waals surface area contributed by atoms with Gasteiger partial charge in [-0.05, 0) is 19.1 Å². The average molecular weight is 452 g/mol. The number of nitro groups is 2. The molecule has 1 atom stereocenters. The molecule has 166 valence electrons. The Bertz CT molecular complexity index is 1010. The van der Waals surface area contributed by atoms with Crippen LogP contribution in [0.5, 0.6) is 5.75 Å². The monoisotopic (exact) mass is 451 g/mol. The van der Waals surface area contributed by atoms with Gasteiger partial charge in [0.25, 0.3) is 17.3 Å². The number of rotatable bonds is 9. The molecule has 0 aromatic heterocycles. The summed E-state index contributed by atoms with van der Waals surface area (Å²) in [4.78, 5) is 35.8. The van der Waals surface area contributed by atoms with Crippen LogP contribution in [0.1, 0.15) is 17.3 Å². The molecule has 1 amide bonds. The summed E-state index contributed by atoms with van der Waals surface area (Å²) in [7, 11) is 4.65. The van der Waals surface area contributed by atoms with Crippen LogP contribution in [0, 0.1) is 20.2 Å². The van der Waals surface area contributed by atoms with Crippen LogP contribution in [0.4, 0.5) is 22.7 Å². The fraction of sp³-hybridized carbons (Fsp3) is 0.316. The third-order valence-corrected chi connectivity index (χ3v) is 4.59. The molecule has 31 heavy (non-hydrogen) atoms. The van der Waals surface area contributed by atoms with Crippen LogP contribution in [0.15, 0.2) is 30.3 Å². The van der Waals surface area contributed by atoms with Crippen molar-refractivity contribution in [1.29, 1.82) is 0 Å². The smallest absolute Gasteiger partial charge is 0.293 e. The van der Waals surface area contributed by atoms with E-state index >= 15 is 0 Å². The lowest BCUT2D eigenvalue weighted by molar-refractivity contribution is -0.384. The lowest BCUT2D eigenvalue weighted by Crippen LogP contribution is -2.37. The summed E-state index contributed by atoms with van der Waals surface area (Å²) in [5.41, 5.74) is 0.118. The highest BCUT2D eigenvalue weighted by atomic mass is 35.5. The van der Waals surface area contributed by atoms with Crippen LogP contribution in [0.25, 0.3) is 0 Å². The number of methoxy groups -OCH3 is 1. The van der Waals surface area contributed by atoms with Crippen LogP contribution in [-0.2, 0) is 0 Å². The van der Waals surface area contributed by atoms with Gasteiger partial charge >= 0.3 is 0 Å². The third-order valence-electron chi connectivity index (χ3n) is 4.35. The van der Waals surface area contributed by atoms with Crippen LogP contribution in [0.2, 0.25) is 5.02 Å². The average Bonchev–Trinajstić information content (AvgIpc) is 2.71. The molecule has 0 saturated heterocycles. The van der Waals surface area contributed by atoms with Gasteiger partial charge in [0.1, 0.15) is 17.1 Å². The second-order valence-electron chi connectivity index (χ2n) is 6.87. The molecular formula is C19H22ClN5O6. The standard InChI is InChI=1S/C19H22ClN5O6/c1-11(10-21-14-6-5-12(20)7-15(14)24(27)28)22-19(26)13-8-17(25(29)30)16(23(2)3)9-18(13)31-4/h5-9,11,21H,10H2,1-4H3,(H,22,26)/t11-/m1/s1. The van der Waals surface area contributed by atoms with Crippen molar-refractivity contribution in [2.75, 3.05) is 38.0 Å². The number of anilines is 2. The highest BCUT2D eigenvalue weighted by Gasteiger charge is 2.24. The van der Waals surface area contributed by atoms with Crippen LogP contribution < -0.4 is 20.3 Å². The van der Waals surface area contributed by atoms with Crippen molar-refractivity contribution in [3.8, 4) is 5.75 Å². The highest BCUT2D eigenvalue weighted by Crippen LogP contribution is 2.34. The van der Waals surface area contributed by atoms with Crippen molar-refractivity contribution in [1.82, 2.24) is 5.32 Å². The summed E-state index contributed by atoms with van der Waals surface area (Å²) >= 11 is 5.80. The minimum absolute atomic E-state index is 0.00382. The second-order valence-corrected chi connectivity index (χ2v) is 7.30. The van der Waals surface area contributed by atoms with Crippen LogP contribution >= 0.6 is 11.6 Å². The van der Waals surface area contributed by atoms with E-state index < -0.39 is 21.8 Å². The van der Waals surface area contributed by atoms with E-state index in [0.29, 0.717) is 5.69 Å². The molecule has 2 aromatic rings. The number of carbonyl (C=O) groups excluding carboxylic acids is 1. The van der Waals surface area contributed by atoms with Crippen molar-refractivity contribution in [2.24, 2.45) is 0 Å². The topological polar surface area (TPSA) is 140 Å². The number of hydrogen-bond acceptors (Lipinski definition) is 8. The Balaban J connectivity index is 2.19. The fourth-order valence-electron chi connectivity index (χ4n) is 2.83.